The predicted octanol–water partition coefficient (Wildman–Crippen LogP) is 1.17. The predicted molar refractivity (Wildman–Crippen MR) is 52.9 cm³/mol. The van der Waals surface area contributed by atoms with Gasteiger partial charge in [0.1, 0.15) is 0 Å². The van der Waals surface area contributed by atoms with E-state index in [1.165, 1.54) is 11.0 Å². The lowest BCUT2D eigenvalue weighted by atomic mass is 9.96. The van der Waals surface area contributed by atoms with Gasteiger partial charge in [-0.1, -0.05) is 0 Å². The summed E-state index contributed by atoms with van der Waals surface area (Å²) in [5, 5.41) is 9.45. The number of benzene rings is 1. The molecule has 0 unspecified atom stereocenters. The normalized spacial score (nSPS) is 18.1. The smallest absolute Gasteiger partial charge is 0.254 e. The number of halogens is 2. The van der Waals surface area contributed by atoms with Crippen LogP contribution in [0.25, 0.3) is 0 Å². The van der Waals surface area contributed by atoms with Gasteiger partial charge in [0, 0.05) is 5.56 Å². The minimum absolute atomic E-state index is 0.0920. The van der Waals surface area contributed by atoms with E-state index in [2.05, 4.69) is 0 Å². The highest BCUT2D eigenvalue weighted by Gasteiger charge is 2.39. The third-order valence-electron chi connectivity index (χ3n) is 2.52. The van der Waals surface area contributed by atoms with Crippen molar-refractivity contribution in [2.24, 2.45) is 0 Å². The molecule has 0 aliphatic carbocycles. The molecule has 0 atom stereocenters. The van der Waals surface area contributed by atoms with Crippen molar-refractivity contribution >= 4 is 5.91 Å². The summed E-state index contributed by atoms with van der Waals surface area (Å²) in [6.45, 7) is 2.04. The Kier molecular flexibility index (Phi) is 2.42. The number of nitrogens with zero attached hydrogens (tertiary/aromatic N) is 1. The highest BCUT2D eigenvalue weighted by atomic mass is 19.2. The Morgan fingerprint density at radius 1 is 1.38 bits per heavy atom. The molecule has 0 radical (unpaired) electrons. The van der Waals surface area contributed by atoms with Gasteiger partial charge in [0.25, 0.3) is 5.91 Å². The summed E-state index contributed by atoms with van der Waals surface area (Å²) in [5.74, 6) is -2.42. The second-order valence-electron chi connectivity index (χ2n) is 4.29. The molecule has 5 heteroatoms. The quantitative estimate of drug-likeness (QED) is 0.782. The van der Waals surface area contributed by atoms with Crippen molar-refractivity contribution in [3.63, 3.8) is 0 Å². The first-order chi connectivity index (χ1) is 7.39. The molecule has 1 aromatic carbocycles. The summed E-state index contributed by atoms with van der Waals surface area (Å²) < 4.78 is 25.5. The third-order valence-corrected chi connectivity index (χ3v) is 2.52. The highest BCUT2D eigenvalue weighted by molar-refractivity contribution is 5.94. The van der Waals surface area contributed by atoms with Crippen LogP contribution in [0.15, 0.2) is 18.2 Å². The van der Waals surface area contributed by atoms with Crippen LogP contribution in [0.2, 0.25) is 0 Å². The van der Waals surface area contributed by atoms with Crippen LogP contribution in [0.4, 0.5) is 8.78 Å². The van der Waals surface area contributed by atoms with Crippen molar-refractivity contribution in [1.82, 2.24) is 4.90 Å². The van der Waals surface area contributed by atoms with Gasteiger partial charge < -0.3 is 10.0 Å². The van der Waals surface area contributed by atoms with Gasteiger partial charge in [-0.05, 0) is 25.1 Å². The fourth-order valence-electron chi connectivity index (χ4n) is 1.73. The molecule has 1 aliphatic rings. The number of β-amino-alcohol motifs (C(OH)–C–C–N with tert-alkyl or cyclic N) is 1. The Bertz CT molecular complexity index is 438. The van der Waals surface area contributed by atoms with Crippen LogP contribution >= 0.6 is 0 Å². The van der Waals surface area contributed by atoms with Crippen molar-refractivity contribution in [3.8, 4) is 0 Å². The van der Waals surface area contributed by atoms with Crippen molar-refractivity contribution in [2.75, 3.05) is 13.1 Å². The maximum atomic E-state index is 12.9. The minimum Gasteiger partial charge on any atom is -0.386 e. The number of likely N-dealkylation sites (tertiary alicyclic amines) is 1. The first-order valence-electron chi connectivity index (χ1n) is 4.86. The molecule has 3 nitrogen and oxygen atoms in total. The molecule has 86 valence electrons. The van der Waals surface area contributed by atoms with E-state index in [1.807, 2.05) is 0 Å². The fourth-order valence-corrected chi connectivity index (χ4v) is 1.73. The maximum Gasteiger partial charge on any atom is 0.254 e. The summed E-state index contributed by atoms with van der Waals surface area (Å²) >= 11 is 0. The second kappa shape index (κ2) is 3.52. The van der Waals surface area contributed by atoms with E-state index in [1.54, 1.807) is 6.92 Å². The van der Waals surface area contributed by atoms with Crippen molar-refractivity contribution in [3.05, 3.63) is 35.4 Å². The minimum atomic E-state index is -1.04. The van der Waals surface area contributed by atoms with E-state index in [0.717, 1.165) is 12.1 Å². The van der Waals surface area contributed by atoms with Gasteiger partial charge in [-0.2, -0.15) is 0 Å². The number of hydrogen-bond donors (Lipinski definition) is 1. The van der Waals surface area contributed by atoms with E-state index in [0.29, 0.717) is 0 Å². The molecule has 2 rings (SSSR count). The number of carbonyl (C=O) groups excluding carboxylic acids is 1. The zero-order valence-corrected chi connectivity index (χ0v) is 8.70. The van der Waals surface area contributed by atoms with Gasteiger partial charge in [-0.15, -0.1) is 0 Å². The van der Waals surface area contributed by atoms with E-state index in [9.17, 15) is 18.7 Å². The Labute approximate surface area is 91.3 Å². The van der Waals surface area contributed by atoms with Gasteiger partial charge in [0.05, 0.1) is 18.7 Å². The molecule has 1 heterocycles. The first-order valence-corrected chi connectivity index (χ1v) is 4.86. The van der Waals surface area contributed by atoms with Crippen LogP contribution in [0.3, 0.4) is 0 Å². The first kappa shape index (κ1) is 11.0. The Morgan fingerprint density at radius 2 is 2.00 bits per heavy atom. The Balaban J connectivity index is 2.13. The average Bonchev–Trinajstić information content (AvgIpc) is 2.17. The molecule has 0 spiro atoms. The van der Waals surface area contributed by atoms with E-state index in [-0.39, 0.29) is 18.7 Å². The van der Waals surface area contributed by atoms with Crippen LogP contribution in [0, 0.1) is 11.6 Å². The Hall–Kier alpha value is -1.49. The molecule has 0 aromatic heterocycles. The zero-order valence-electron chi connectivity index (χ0n) is 8.70. The van der Waals surface area contributed by atoms with Crippen molar-refractivity contribution in [2.45, 2.75) is 12.5 Å². The summed E-state index contributed by atoms with van der Waals surface area (Å²) in [5.41, 5.74) is -0.775. The highest BCUT2D eigenvalue weighted by Crippen LogP contribution is 2.22. The molecule has 0 bridgehead atoms. The zero-order chi connectivity index (χ0) is 11.9. The molecule has 1 fully saturated rings. The number of carbonyl (C=O) groups is 1. The standard InChI is InChI=1S/C11H11F2NO2/c1-11(16)5-14(6-11)10(15)7-2-3-8(12)9(13)4-7/h2-4,16H,5-6H2,1H3. The van der Waals surface area contributed by atoms with Crippen LogP contribution in [0.5, 0.6) is 0 Å². The Morgan fingerprint density at radius 3 is 2.50 bits per heavy atom. The molecular weight excluding hydrogens is 216 g/mol. The molecule has 1 aromatic rings. The lowest BCUT2D eigenvalue weighted by Gasteiger charge is -2.44. The third kappa shape index (κ3) is 1.90. The number of rotatable bonds is 1. The van der Waals surface area contributed by atoms with Gasteiger partial charge in [0.2, 0.25) is 0 Å². The molecule has 16 heavy (non-hydrogen) atoms. The monoisotopic (exact) mass is 227 g/mol. The van der Waals surface area contributed by atoms with Crippen LogP contribution < -0.4 is 0 Å². The van der Waals surface area contributed by atoms with Gasteiger partial charge in [-0.3, -0.25) is 4.79 Å². The molecular formula is C11H11F2NO2. The largest absolute Gasteiger partial charge is 0.386 e. The second-order valence-corrected chi connectivity index (χ2v) is 4.29. The molecule has 1 amide bonds. The van der Waals surface area contributed by atoms with Gasteiger partial charge in [0.15, 0.2) is 11.6 Å². The molecule has 1 aliphatic heterocycles. The molecule has 1 saturated heterocycles. The fraction of sp³-hybridized carbons (Fsp3) is 0.364. The van der Waals surface area contributed by atoms with Crippen molar-refractivity contribution < 1.29 is 18.7 Å². The lowest BCUT2D eigenvalue weighted by Crippen LogP contribution is -2.61. The van der Waals surface area contributed by atoms with Gasteiger partial charge in [-0.25, -0.2) is 8.78 Å². The van der Waals surface area contributed by atoms with E-state index in [4.69, 9.17) is 0 Å². The number of aliphatic hydroxyl groups is 1. The van der Waals surface area contributed by atoms with Crippen LogP contribution in [0.1, 0.15) is 17.3 Å². The number of hydrogen-bond acceptors (Lipinski definition) is 2. The van der Waals surface area contributed by atoms with Crippen LogP contribution in [-0.4, -0.2) is 34.6 Å². The molecule has 1 N–H and O–H groups in total. The van der Waals surface area contributed by atoms with E-state index >= 15 is 0 Å². The molecule has 0 saturated carbocycles. The summed E-state index contributed by atoms with van der Waals surface area (Å²) in [6, 6.07) is 3.01. The SMILES string of the molecule is CC1(O)CN(C(=O)c2ccc(F)c(F)c2)C1. The van der Waals surface area contributed by atoms with Crippen molar-refractivity contribution in [1.29, 1.82) is 0 Å². The summed E-state index contributed by atoms with van der Waals surface area (Å²) in [4.78, 5) is 13.1. The number of amides is 1. The van der Waals surface area contributed by atoms with E-state index < -0.39 is 23.1 Å². The topological polar surface area (TPSA) is 40.5 Å². The lowest BCUT2D eigenvalue weighted by molar-refractivity contribution is -0.0668. The summed E-state index contributed by atoms with van der Waals surface area (Å²) in [6.07, 6.45) is 0. The van der Waals surface area contributed by atoms with Gasteiger partial charge >= 0.3 is 0 Å². The summed E-state index contributed by atoms with van der Waals surface area (Å²) in [7, 11) is 0. The van der Waals surface area contributed by atoms with Crippen LogP contribution in [-0.2, 0) is 0 Å². The average molecular weight is 227 g/mol. The maximum absolute atomic E-state index is 12.9.